The second-order valence-electron chi connectivity index (χ2n) is 6.50. The van der Waals surface area contributed by atoms with E-state index in [1.165, 1.54) is 19.3 Å². The molecule has 1 N–H and O–H groups in total. The van der Waals surface area contributed by atoms with Crippen LogP contribution in [0.2, 0.25) is 0 Å². The molecule has 3 nitrogen and oxygen atoms in total. The summed E-state index contributed by atoms with van der Waals surface area (Å²) in [4.78, 5) is 14.7. The van der Waals surface area contributed by atoms with Crippen molar-refractivity contribution in [3.63, 3.8) is 0 Å². The van der Waals surface area contributed by atoms with Gasteiger partial charge in [-0.3, -0.25) is 4.79 Å². The maximum absolute atomic E-state index is 12.5. The van der Waals surface area contributed by atoms with Crippen LogP contribution in [0.4, 0.5) is 0 Å². The Morgan fingerprint density at radius 2 is 2.00 bits per heavy atom. The first-order valence-corrected chi connectivity index (χ1v) is 7.59. The van der Waals surface area contributed by atoms with Crippen molar-refractivity contribution in [2.45, 2.75) is 40.0 Å². The Balaban J connectivity index is 1.91. The van der Waals surface area contributed by atoms with Crippen LogP contribution in [0.25, 0.3) is 0 Å². The third-order valence-corrected chi connectivity index (χ3v) is 4.86. The predicted octanol–water partition coefficient (Wildman–Crippen LogP) is 2.13. The smallest absolute Gasteiger partial charge is 0.227 e. The molecule has 0 radical (unpaired) electrons. The molecule has 3 unspecified atom stereocenters. The minimum atomic E-state index is 0.223. The second kappa shape index (κ2) is 6.05. The van der Waals surface area contributed by atoms with Crippen molar-refractivity contribution < 1.29 is 4.79 Å². The molecule has 0 saturated carbocycles. The first kappa shape index (κ1) is 13.9. The number of likely N-dealkylation sites (tertiary alicyclic amines) is 1. The predicted molar refractivity (Wildman–Crippen MR) is 74.3 cm³/mol. The summed E-state index contributed by atoms with van der Waals surface area (Å²) in [6, 6.07) is 0. The van der Waals surface area contributed by atoms with Crippen LogP contribution < -0.4 is 5.32 Å². The fourth-order valence-electron chi connectivity index (χ4n) is 3.38. The van der Waals surface area contributed by atoms with Crippen LogP contribution in [-0.2, 0) is 4.79 Å². The molecule has 0 aromatic rings. The van der Waals surface area contributed by atoms with E-state index in [1.807, 2.05) is 0 Å². The molecule has 2 heterocycles. The van der Waals surface area contributed by atoms with Crippen LogP contribution in [0.5, 0.6) is 0 Å². The number of hydrogen-bond donors (Lipinski definition) is 1. The molecular weight excluding hydrogens is 224 g/mol. The highest BCUT2D eigenvalue weighted by molar-refractivity contribution is 5.79. The minimum absolute atomic E-state index is 0.223. The largest absolute Gasteiger partial charge is 0.342 e. The summed E-state index contributed by atoms with van der Waals surface area (Å²) in [5, 5.41) is 3.34. The molecule has 0 aliphatic carbocycles. The van der Waals surface area contributed by atoms with Gasteiger partial charge in [0.25, 0.3) is 0 Å². The molecule has 2 fully saturated rings. The number of amides is 1. The van der Waals surface area contributed by atoms with Gasteiger partial charge in [-0.25, -0.2) is 0 Å². The van der Waals surface area contributed by atoms with Gasteiger partial charge < -0.3 is 10.2 Å². The van der Waals surface area contributed by atoms with Gasteiger partial charge in [0.2, 0.25) is 5.91 Å². The van der Waals surface area contributed by atoms with Gasteiger partial charge in [0.05, 0.1) is 5.92 Å². The van der Waals surface area contributed by atoms with Crippen molar-refractivity contribution in [2.75, 3.05) is 26.2 Å². The highest BCUT2D eigenvalue weighted by Gasteiger charge is 2.33. The molecule has 0 aromatic carbocycles. The molecule has 18 heavy (non-hydrogen) atoms. The SMILES string of the molecule is CC(C)C1CCCN(C(=O)C2CNCC2C)CC1. The Labute approximate surface area is 111 Å². The Morgan fingerprint density at radius 3 is 2.61 bits per heavy atom. The van der Waals surface area contributed by atoms with E-state index in [0.717, 1.165) is 38.0 Å². The van der Waals surface area contributed by atoms with Crippen LogP contribution in [0.15, 0.2) is 0 Å². The highest BCUT2D eigenvalue weighted by atomic mass is 16.2. The Bertz CT molecular complexity index is 290. The first-order valence-electron chi connectivity index (χ1n) is 7.59. The molecule has 0 aromatic heterocycles. The quantitative estimate of drug-likeness (QED) is 0.816. The lowest BCUT2D eigenvalue weighted by Crippen LogP contribution is -2.39. The minimum Gasteiger partial charge on any atom is -0.342 e. The number of nitrogens with zero attached hydrogens (tertiary/aromatic N) is 1. The summed E-state index contributed by atoms with van der Waals surface area (Å²) in [7, 11) is 0. The van der Waals surface area contributed by atoms with E-state index in [0.29, 0.717) is 11.8 Å². The van der Waals surface area contributed by atoms with Crippen LogP contribution in [0, 0.1) is 23.7 Å². The van der Waals surface area contributed by atoms with Gasteiger partial charge in [0.15, 0.2) is 0 Å². The standard InChI is InChI=1S/C15H28N2O/c1-11(2)13-5-4-7-17(8-6-13)15(18)14-10-16-9-12(14)3/h11-14,16H,4-10H2,1-3H3. The van der Waals surface area contributed by atoms with Gasteiger partial charge in [-0.1, -0.05) is 20.8 Å². The van der Waals surface area contributed by atoms with Crippen molar-refractivity contribution in [3.05, 3.63) is 0 Å². The molecule has 3 atom stereocenters. The number of hydrogen-bond acceptors (Lipinski definition) is 2. The lowest BCUT2D eigenvalue weighted by molar-refractivity contribution is -0.135. The molecule has 2 saturated heterocycles. The third kappa shape index (κ3) is 3.05. The van der Waals surface area contributed by atoms with Gasteiger partial charge in [-0.05, 0) is 43.6 Å². The van der Waals surface area contributed by atoms with Gasteiger partial charge in [-0.2, -0.15) is 0 Å². The summed E-state index contributed by atoms with van der Waals surface area (Å²) in [6.07, 6.45) is 3.67. The maximum Gasteiger partial charge on any atom is 0.227 e. The van der Waals surface area contributed by atoms with Crippen LogP contribution in [0.3, 0.4) is 0 Å². The number of carbonyl (C=O) groups excluding carboxylic acids is 1. The summed E-state index contributed by atoms with van der Waals surface area (Å²) in [6.45, 7) is 10.6. The fraction of sp³-hybridized carbons (Fsp3) is 0.933. The third-order valence-electron chi connectivity index (χ3n) is 4.86. The van der Waals surface area contributed by atoms with Gasteiger partial charge in [0, 0.05) is 19.6 Å². The van der Waals surface area contributed by atoms with Crippen molar-refractivity contribution in [2.24, 2.45) is 23.7 Å². The lowest BCUT2D eigenvalue weighted by atomic mass is 9.89. The number of rotatable bonds is 2. The molecule has 3 heteroatoms. The summed E-state index contributed by atoms with van der Waals surface area (Å²) in [5.74, 6) is 2.69. The zero-order chi connectivity index (χ0) is 13.1. The average molecular weight is 252 g/mol. The van der Waals surface area contributed by atoms with E-state index in [-0.39, 0.29) is 5.92 Å². The first-order chi connectivity index (χ1) is 8.59. The number of carbonyl (C=O) groups is 1. The lowest BCUT2D eigenvalue weighted by Gasteiger charge is -2.26. The molecule has 2 rings (SSSR count). The molecule has 1 amide bonds. The second-order valence-corrected chi connectivity index (χ2v) is 6.50. The van der Waals surface area contributed by atoms with Crippen LogP contribution >= 0.6 is 0 Å². The van der Waals surface area contributed by atoms with E-state index >= 15 is 0 Å². The zero-order valence-corrected chi connectivity index (χ0v) is 12.1. The normalized spacial score (nSPS) is 33.8. The maximum atomic E-state index is 12.5. The van der Waals surface area contributed by atoms with Gasteiger partial charge in [-0.15, -0.1) is 0 Å². The molecule has 0 bridgehead atoms. The van der Waals surface area contributed by atoms with Gasteiger partial charge in [0.1, 0.15) is 0 Å². The molecule has 2 aliphatic heterocycles. The summed E-state index contributed by atoms with van der Waals surface area (Å²) >= 11 is 0. The molecule has 2 aliphatic rings. The van der Waals surface area contributed by atoms with E-state index in [9.17, 15) is 4.79 Å². The fourth-order valence-corrected chi connectivity index (χ4v) is 3.38. The van der Waals surface area contributed by atoms with Crippen LogP contribution in [0.1, 0.15) is 40.0 Å². The summed E-state index contributed by atoms with van der Waals surface area (Å²) in [5.41, 5.74) is 0. The van der Waals surface area contributed by atoms with E-state index in [2.05, 4.69) is 31.0 Å². The monoisotopic (exact) mass is 252 g/mol. The van der Waals surface area contributed by atoms with E-state index in [1.54, 1.807) is 0 Å². The Morgan fingerprint density at radius 1 is 1.22 bits per heavy atom. The van der Waals surface area contributed by atoms with Gasteiger partial charge >= 0.3 is 0 Å². The van der Waals surface area contributed by atoms with E-state index in [4.69, 9.17) is 0 Å². The van der Waals surface area contributed by atoms with Crippen molar-refractivity contribution in [3.8, 4) is 0 Å². The van der Waals surface area contributed by atoms with Crippen molar-refractivity contribution >= 4 is 5.91 Å². The highest BCUT2D eigenvalue weighted by Crippen LogP contribution is 2.26. The topological polar surface area (TPSA) is 32.3 Å². The number of nitrogens with one attached hydrogen (secondary N) is 1. The van der Waals surface area contributed by atoms with Crippen LogP contribution in [-0.4, -0.2) is 37.0 Å². The molecule has 104 valence electrons. The zero-order valence-electron chi connectivity index (χ0n) is 12.1. The molecular formula is C15H28N2O. The molecule has 0 spiro atoms. The van der Waals surface area contributed by atoms with E-state index < -0.39 is 0 Å². The van der Waals surface area contributed by atoms with Crippen molar-refractivity contribution in [1.29, 1.82) is 0 Å². The Hall–Kier alpha value is -0.570. The summed E-state index contributed by atoms with van der Waals surface area (Å²) < 4.78 is 0. The van der Waals surface area contributed by atoms with Crippen molar-refractivity contribution in [1.82, 2.24) is 10.2 Å². The average Bonchev–Trinajstić information content (AvgIpc) is 2.63. The Kier molecular flexibility index (Phi) is 4.66.